The molecule has 1 heterocycles. The Morgan fingerprint density at radius 2 is 2.29 bits per heavy atom. The monoisotopic (exact) mass is 235 g/mol. The molecule has 1 aromatic rings. The van der Waals surface area contributed by atoms with E-state index >= 15 is 0 Å². The van der Waals surface area contributed by atoms with Crippen molar-refractivity contribution in [1.82, 2.24) is 9.97 Å². The molecule has 0 amide bonds. The fourth-order valence-corrected chi connectivity index (χ4v) is 1.85. The third kappa shape index (κ3) is 3.32. The van der Waals surface area contributed by atoms with Gasteiger partial charge in [-0.3, -0.25) is 0 Å². The predicted molar refractivity (Wildman–Crippen MR) is 68.2 cm³/mol. The molecule has 4 heteroatoms. The van der Waals surface area contributed by atoms with Gasteiger partial charge in [-0.15, -0.1) is 0 Å². The van der Waals surface area contributed by atoms with Crippen molar-refractivity contribution < 1.29 is 4.74 Å². The first-order chi connectivity index (χ1) is 8.12. The maximum Gasteiger partial charge on any atom is 0.225 e. The third-order valence-electron chi connectivity index (χ3n) is 3.31. The van der Waals surface area contributed by atoms with Gasteiger partial charge in [-0.05, 0) is 24.2 Å². The van der Waals surface area contributed by atoms with E-state index in [4.69, 9.17) is 4.74 Å². The maximum atomic E-state index is 5.47. The molecule has 1 aliphatic carbocycles. The highest BCUT2D eigenvalue weighted by atomic mass is 16.5. The topological polar surface area (TPSA) is 47.0 Å². The first-order valence-corrected chi connectivity index (χ1v) is 6.31. The van der Waals surface area contributed by atoms with Gasteiger partial charge in [0, 0.05) is 18.8 Å². The Hall–Kier alpha value is -1.32. The van der Waals surface area contributed by atoms with Crippen LogP contribution in [-0.2, 0) is 0 Å². The molecule has 0 bridgehead atoms. The zero-order valence-electron chi connectivity index (χ0n) is 10.9. The largest absolute Gasteiger partial charge is 0.478 e. The normalized spacial score (nSPS) is 21.0. The van der Waals surface area contributed by atoms with Crippen LogP contribution in [0.5, 0.6) is 5.88 Å². The van der Waals surface area contributed by atoms with Gasteiger partial charge in [0.25, 0.3) is 0 Å². The maximum absolute atomic E-state index is 5.47. The molecule has 1 N–H and O–H groups in total. The zero-order chi connectivity index (χ0) is 12.3. The minimum Gasteiger partial charge on any atom is -0.478 e. The van der Waals surface area contributed by atoms with Crippen LogP contribution in [0.4, 0.5) is 5.95 Å². The Morgan fingerprint density at radius 3 is 2.94 bits per heavy atom. The summed E-state index contributed by atoms with van der Waals surface area (Å²) in [6, 6.07) is 1.79. The molecule has 0 aromatic carbocycles. The highest BCUT2D eigenvalue weighted by molar-refractivity contribution is 5.28. The minimum atomic E-state index is 0.489. The minimum absolute atomic E-state index is 0.489. The Labute approximate surface area is 103 Å². The molecule has 0 saturated heterocycles. The predicted octanol–water partition coefficient (Wildman–Crippen LogP) is 2.72. The number of nitrogens with zero attached hydrogens (tertiary/aromatic N) is 2. The van der Waals surface area contributed by atoms with Gasteiger partial charge >= 0.3 is 0 Å². The third-order valence-corrected chi connectivity index (χ3v) is 3.31. The molecule has 0 spiro atoms. The number of rotatable bonds is 6. The molecule has 94 valence electrons. The summed E-state index contributed by atoms with van der Waals surface area (Å²) >= 11 is 0. The lowest BCUT2D eigenvalue weighted by Gasteiger charge is -2.08. The molecule has 2 rings (SSSR count). The fraction of sp³-hybridized carbons (Fsp3) is 0.692. The molecule has 17 heavy (non-hydrogen) atoms. The molecule has 1 aliphatic rings. The highest BCUT2D eigenvalue weighted by Gasteiger charge is 2.45. The van der Waals surface area contributed by atoms with Gasteiger partial charge in [-0.25, -0.2) is 4.98 Å². The number of aromatic nitrogens is 2. The van der Waals surface area contributed by atoms with Crippen LogP contribution in [0.1, 0.15) is 33.6 Å². The first kappa shape index (κ1) is 12.1. The second-order valence-corrected chi connectivity index (χ2v) is 5.34. The summed E-state index contributed by atoms with van der Waals surface area (Å²) in [4.78, 5) is 8.51. The quantitative estimate of drug-likeness (QED) is 0.823. The van der Waals surface area contributed by atoms with Crippen molar-refractivity contribution in [2.75, 3.05) is 18.5 Å². The van der Waals surface area contributed by atoms with E-state index in [2.05, 4.69) is 36.1 Å². The fourth-order valence-electron chi connectivity index (χ4n) is 1.85. The van der Waals surface area contributed by atoms with E-state index < -0.39 is 0 Å². The lowest BCUT2D eigenvalue weighted by atomic mass is 10.1. The molecule has 1 fully saturated rings. The van der Waals surface area contributed by atoms with Gasteiger partial charge in [-0.2, -0.15) is 4.98 Å². The number of hydrogen-bond acceptors (Lipinski definition) is 4. The van der Waals surface area contributed by atoms with E-state index in [0.717, 1.165) is 18.9 Å². The van der Waals surface area contributed by atoms with E-state index in [-0.39, 0.29) is 0 Å². The standard InChI is InChI=1S/C13H21N3O/c1-4-7-17-11-5-6-14-12(16-11)15-9-10-8-13(10,2)3/h5-6,10H,4,7-9H2,1-3H3,(H,14,15,16). The molecule has 4 nitrogen and oxygen atoms in total. The van der Waals surface area contributed by atoms with Crippen molar-refractivity contribution in [3.05, 3.63) is 12.3 Å². The Balaban J connectivity index is 1.84. The van der Waals surface area contributed by atoms with Gasteiger partial charge in [0.15, 0.2) is 0 Å². The Morgan fingerprint density at radius 1 is 1.53 bits per heavy atom. The van der Waals surface area contributed by atoms with E-state index in [1.54, 1.807) is 12.3 Å². The number of nitrogens with one attached hydrogen (secondary N) is 1. The summed E-state index contributed by atoms with van der Waals surface area (Å²) in [6.45, 7) is 8.31. The summed E-state index contributed by atoms with van der Waals surface area (Å²) in [5.41, 5.74) is 0.489. The summed E-state index contributed by atoms with van der Waals surface area (Å²) in [7, 11) is 0. The molecule has 1 atom stereocenters. The summed E-state index contributed by atoms with van der Waals surface area (Å²) in [5, 5.41) is 3.28. The number of ether oxygens (including phenoxy) is 1. The Kier molecular flexibility index (Phi) is 3.50. The van der Waals surface area contributed by atoms with Crippen LogP contribution in [0, 0.1) is 11.3 Å². The van der Waals surface area contributed by atoms with E-state index in [9.17, 15) is 0 Å². The Bertz CT molecular complexity index is 379. The molecule has 1 aromatic heterocycles. The number of hydrogen-bond donors (Lipinski definition) is 1. The smallest absolute Gasteiger partial charge is 0.225 e. The molecule has 0 radical (unpaired) electrons. The van der Waals surface area contributed by atoms with Crippen molar-refractivity contribution in [3.8, 4) is 5.88 Å². The van der Waals surface area contributed by atoms with Crippen LogP contribution in [0.25, 0.3) is 0 Å². The van der Waals surface area contributed by atoms with Crippen LogP contribution < -0.4 is 10.1 Å². The molecular weight excluding hydrogens is 214 g/mol. The van der Waals surface area contributed by atoms with Gasteiger partial charge in [0.05, 0.1) is 6.61 Å². The zero-order valence-corrected chi connectivity index (χ0v) is 10.9. The summed E-state index contributed by atoms with van der Waals surface area (Å²) in [5.74, 6) is 2.06. The average Bonchev–Trinajstić information content (AvgIpc) is 2.92. The SMILES string of the molecule is CCCOc1ccnc(NCC2CC2(C)C)n1. The van der Waals surface area contributed by atoms with E-state index in [1.807, 2.05) is 0 Å². The molecule has 1 saturated carbocycles. The van der Waals surface area contributed by atoms with Gasteiger partial charge in [0.1, 0.15) is 0 Å². The van der Waals surface area contributed by atoms with Crippen molar-refractivity contribution >= 4 is 5.95 Å². The van der Waals surface area contributed by atoms with E-state index in [0.29, 0.717) is 23.9 Å². The van der Waals surface area contributed by atoms with Gasteiger partial charge in [0.2, 0.25) is 11.8 Å². The van der Waals surface area contributed by atoms with Crippen molar-refractivity contribution in [3.63, 3.8) is 0 Å². The molecule has 0 aliphatic heterocycles. The summed E-state index contributed by atoms with van der Waals surface area (Å²) < 4.78 is 5.47. The van der Waals surface area contributed by atoms with Crippen LogP contribution >= 0.6 is 0 Å². The number of anilines is 1. The van der Waals surface area contributed by atoms with Crippen LogP contribution in [0.15, 0.2) is 12.3 Å². The average molecular weight is 235 g/mol. The van der Waals surface area contributed by atoms with Crippen LogP contribution in [-0.4, -0.2) is 23.1 Å². The van der Waals surface area contributed by atoms with Crippen molar-refractivity contribution in [1.29, 1.82) is 0 Å². The second kappa shape index (κ2) is 4.90. The lowest BCUT2D eigenvalue weighted by Crippen LogP contribution is -2.10. The first-order valence-electron chi connectivity index (χ1n) is 6.31. The molecule has 1 unspecified atom stereocenters. The molecular formula is C13H21N3O. The second-order valence-electron chi connectivity index (χ2n) is 5.34. The van der Waals surface area contributed by atoms with Crippen LogP contribution in [0.3, 0.4) is 0 Å². The van der Waals surface area contributed by atoms with Crippen molar-refractivity contribution in [2.45, 2.75) is 33.6 Å². The summed E-state index contributed by atoms with van der Waals surface area (Å²) in [6.07, 6.45) is 4.01. The van der Waals surface area contributed by atoms with Crippen molar-refractivity contribution in [2.24, 2.45) is 11.3 Å². The highest BCUT2D eigenvalue weighted by Crippen LogP contribution is 2.51. The lowest BCUT2D eigenvalue weighted by molar-refractivity contribution is 0.305. The van der Waals surface area contributed by atoms with E-state index in [1.165, 1.54) is 6.42 Å². The van der Waals surface area contributed by atoms with Gasteiger partial charge in [-0.1, -0.05) is 20.8 Å². The van der Waals surface area contributed by atoms with Gasteiger partial charge < -0.3 is 10.1 Å². The van der Waals surface area contributed by atoms with Crippen LogP contribution in [0.2, 0.25) is 0 Å².